The van der Waals surface area contributed by atoms with Crippen LogP contribution in [0.25, 0.3) is 0 Å². The average molecular weight is 284 g/mol. The lowest BCUT2D eigenvalue weighted by atomic mass is 10.1. The summed E-state index contributed by atoms with van der Waals surface area (Å²) in [6.45, 7) is 6.44. The first kappa shape index (κ1) is 15.8. The summed E-state index contributed by atoms with van der Waals surface area (Å²) in [6.07, 6.45) is 0. The molecule has 0 saturated heterocycles. The van der Waals surface area contributed by atoms with E-state index in [0.717, 1.165) is 18.7 Å². The first-order chi connectivity index (χ1) is 8.97. The number of nitrogen functional groups attached to an aromatic ring is 1. The fourth-order valence-electron chi connectivity index (χ4n) is 1.97. The molecule has 0 unspecified atom stereocenters. The van der Waals surface area contributed by atoms with Gasteiger partial charge in [0, 0.05) is 30.3 Å². The van der Waals surface area contributed by atoms with Crippen molar-refractivity contribution in [3.8, 4) is 0 Å². The van der Waals surface area contributed by atoms with Crippen molar-refractivity contribution in [2.45, 2.75) is 20.4 Å². The Bertz CT molecular complexity index is 433. The predicted octanol–water partition coefficient (Wildman–Crippen LogP) is 2.22. The van der Waals surface area contributed by atoms with E-state index in [1.165, 1.54) is 0 Å². The van der Waals surface area contributed by atoms with E-state index in [1.54, 1.807) is 12.1 Å². The van der Waals surface area contributed by atoms with Crippen LogP contribution in [-0.4, -0.2) is 42.4 Å². The molecule has 1 amide bonds. The molecule has 106 valence electrons. The summed E-state index contributed by atoms with van der Waals surface area (Å²) in [7, 11) is 1.90. The van der Waals surface area contributed by atoms with Crippen LogP contribution in [0.2, 0.25) is 5.02 Å². The quantitative estimate of drug-likeness (QED) is 0.815. The number of rotatable bonds is 6. The molecule has 0 aliphatic rings. The number of carbonyl (C=O) groups excluding carboxylic acids is 1. The molecular formula is C14H22ClN3O. The van der Waals surface area contributed by atoms with E-state index in [9.17, 15) is 4.79 Å². The van der Waals surface area contributed by atoms with Crippen LogP contribution in [0.1, 0.15) is 19.4 Å². The highest BCUT2D eigenvalue weighted by molar-refractivity contribution is 6.30. The highest BCUT2D eigenvalue weighted by atomic mass is 35.5. The Morgan fingerprint density at radius 1 is 1.32 bits per heavy atom. The molecule has 0 bridgehead atoms. The van der Waals surface area contributed by atoms with Crippen LogP contribution in [0, 0.1) is 0 Å². The largest absolute Gasteiger partial charge is 0.398 e. The number of amides is 1. The number of hydrogen-bond acceptors (Lipinski definition) is 3. The average Bonchev–Trinajstić information content (AvgIpc) is 2.35. The van der Waals surface area contributed by atoms with Crippen molar-refractivity contribution in [2.24, 2.45) is 0 Å². The minimum Gasteiger partial charge on any atom is -0.398 e. The van der Waals surface area contributed by atoms with Crippen molar-refractivity contribution in [3.63, 3.8) is 0 Å². The zero-order chi connectivity index (χ0) is 14.4. The lowest BCUT2D eigenvalue weighted by molar-refractivity contribution is -0.131. The van der Waals surface area contributed by atoms with Gasteiger partial charge in [0.15, 0.2) is 0 Å². The van der Waals surface area contributed by atoms with Gasteiger partial charge in [0.1, 0.15) is 0 Å². The minimum atomic E-state index is 0.132. The maximum atomic E-state index is 12.0. The number of nitrogens with two attached hydrogens (primary N) is 1. The zero-order valence-corrected chi connectivity index (χ0v) is 12.6. The maximum Gasteiger partial charge on any atom is 0.236 e. The Labute approximate surface area is 120 Å². The van der Waals surface area contributed by atoms with Gasteiger partial charge in [0.2, 0.25) is 5.91 Å². The molecule has 0 fully saturated rings. The number of benzene rings is 1. The molecule has 1 aromatic rings. The maximum absolute atomic E-state index is 12.0. The molecule has 4 nitrogen and oxygen atoms in total. The first-order valence-corrected chi connectivity index (χ1v) is 6.85. The second-order valence-electron chi connectivity index (χ2n) is 4.58. The molecule has 19 heavy (non-hydrogen) atoms. The van der Waals surface area contributed by atoms with Crippen molar-refractivity contribution in [2.75, 3.05) is 32.4 Å². The summed E-state index contributed by atoms with van der Waals surface area (Å²) in [4.78, 5) is 15.7. The highest BCUT2D eigenvalue weighted by Gasteiger charge is 2.13. The van der Waals surface area contributed by atoms with Crippen LogP contribution in [0.15, 0.2) is 18.2 Å². The normalized spacial score (nSPS) is 10.8. The summed E-state index contributed by atoms with van der Waals surface area (Å²) in [5.74, 6) is 0.132. The summed E-state index contributed by atoms with van der Waals surface area (Å²) in [5, 5.41) is 0.660. The number of anilines is 1. The van der Waals surface area contributed by atoms with Crippen LogP contribution in [0.3, 0.4) is 0 Å². The number of nitrogens with zero attached hydrogens (tertiary/aromatic N) is 2. The standard InChI is InChI=1S/C14H22ClN3O/c1-4-18(5-2)14(19)10-17(3)9-11-8-12(15)6-7-13(11)16/h6-8H,4-5,9-10,16H2,1-3H3. The van der Waals surface area contributed by atoms with E-state index in [2.05, 4.69) is 0 Å². The topological polar surface area (TPSA) is 49.6 Å². The zero-order valence-electron chi connectivity index (χ0n) is 11.8. The van der Waals surface area contributed by atoms with E-state index in [0.29, 0.717) is 23.8 Å². The molecule has 1 rings (SSSR count). The molecule has 0 aliphatic carbocycles. The van der Waals surface area contributed by atoms with Crippen molar-refractivity contribution in [1.82, 2.24) is 9.80 Å². The predicted molar refractivity (Wildman–Crippen MR) is 80.1 cm³/mol. The summed E-state index contributed by atoms with van der Waals surface area (Å²) < 4.78 is 0. The number of likely N-dealkylation sites (N-methyl/N-ethyl adjacent to an activating group) is 2. The smallest absolute Gasteiger partial charge is 0.236 e. The SMILES string of the molecule is CCN(CC)C(=O)CN(C)Cc1cc(Cl)ccc1N. The van der Waals surface area contributed by atoms with Crippen LogP contribution in [0.5, 0.6) is 0 Å². The van der Waals surface area contributed by atoms with Gasteiger partial charge in [-0.25, -0.2) is 0 Å². The van der Waals surface area contributed by atoms with Crippen molar-refractivity contribution in [1.29, 1.82) is 0 Å². The van der Waals surface area contributed by atoms with Gasteiger partial charge in [-0.3, -0.25) is 9.69 Å². The second kappa shape index (κ2) is 7.36. The lowest BCUT2D eigenvalue weighted by Gasteiger charge is -2.23. The summed E-state index contributed by atoms with van der Waals surface area (Å²) >= 11 is 5.95. The van der Waals surface area contributed by atoms with E-state index in [4.69, 9.17) is 17.3 Å². The Hall–Kier alpha value is -1.26. The van der Waals surface area contributed by atoms with E-state index in [-0.39, 0.29) is 5.91 Å². The van der Waals surface area contributed by atoms with Gasteiger partial charge in [0.05, 0.1) is 6.54 Å². The van der Waals surface area contributed by atoms with E-state index in [1.807, 2.05) is 36.8 Å². The Kier molecular flexibility index (Phi) is 6.12. The molecule has 0 spiro atoms. The monoisotopic (exact) mass is 283 g/mol. The van der Waals surface area contributed by atoms with Crippen LogP contribution >= 0.6 is 11.6 Å². The molecule has 0 aliphatic heterocycles. The fourth-order valence-corrected chi connectivity index (χ4v) is 2.16. The van der Waals surface area contributed by atoms with Crippen LogP contribution < -0.4 is 5.73 Å². The summed E-state index contributed by atoms with van der Waals surface area (Å²) in [6, 6.07) is 5.40. The Morgan fingerprint density at radius 2 is 1.95 bits per heavy atom. The van der Waals surface area contributed by atoms with Gasteiger partial charge in [-0.2, -0.15) is 0 Å². The number of carbonyl (C=O) groups is 1. The molecule has 0 saturated carbocycles. The molecule has 2 N–H and O–H groups in total. The first-order valence-electron chi connectivity index (χ1n) is 6.48. The van der Waals surface area contributed by atoms with Crippen LogP contribution in [-0.2, 0) is 11.3 Å². The lowest BCUT2D eigenvalue weighted by Crippen LogP contribution is -2.38. The van der Waals surface area contributed by atoms with Crippen molar-refractivity contribution < 1.29 is 4.79 Å². The van der Waals surface area contributed by atoms with Crippen molar-refractivity contribution in [3.05, 3.63) is 28.8 Å². The minimum absolute atomic E-state index is 0.132. The summed E-state index contributed by atoms with van der Waals surface area (Å²) in [5.41, 5.74) is 7.55. The molecule has 5 heteroatoms. The van der Waals surface area contributed by atoms with E-state index < -0.39 is 0 Å². The van der Waals surface area contributed by atoms with E-state index >= 15 is 0 Å². The van der Waals surface area contributed by atoms with Gasteiger partial charge in [-0.05, 0) is 44.7 Å². The number of hydrogen-bond donors (Lipinski definition) is 1. The fraction of sp³-hybridized carbons (Fsp3) is 0.500. The molecular weight excluding hydrogens is 262 g/mol. The van der Waals surface area contributed by atoms with Gasteiger partial charge < -0.3 is 10.6 Å². The number of halogens is 1. The van der Waals surface area contributed by atoms with Gasteiger partial charge >= 0.3 is 0 Å². The third-order valence-electron chi connectivity index (χ3n) is 3.07. The third-order valence-corrected chi connectivity index (χ3v) is 3.30. The molecule has 0 atom stereocenters. The highest BCUT2D eigenvalue weighted by Crippen LogP contribution is 2.19. The van der Waals surface area contributed by atoms with Gasteiger partial charge in [-0.15, -0.1) is 0 Å². The van der Waals surface area contributed by atoms with Crippen molar-refractivity contribution >= 4 is 23.2 Å². The third kappa shape index (κ3) is 4.73. The Balaban J connectivity index is 2.62. The molecule has 0 radical (unpaired) electrons. The molecule has 1 aromatic carbocycles. The molecule has 0 heterocycles. The molecule has 0 aromatic heterocycles. The Morgan fingerprint density at radius 3 is 2.53 bits per heavy atom. The van der Waals surface area contributed by atoms with Gasteiger partial charge in [-0.1, -0.05) is 11.6 Å². The van der Waals surface area contributed by atoms with Gasteiger partial charge in [0.25, 0.3) is 0 Å². The van der Waals surface area contributed by atoms with Crippen LogP contribution in [0.4, 0.5) is 5.69 Å². The second-order valence-corrected chi connectivity index (χ2v) is 5.02.